The quantitative estimate of drug-likeness (QED) is 0.779. The first-order valence-electron chi connectivity index (χ1n) is 5.98. The molecule has 1 N–H and O–H groups in total. The molecule has 1 aromatic rings. The summed E-state index contributed by atoms with van der Waals surface area (Å²) in [6, 6.07) is 8.37. The van der Waals surface area contributed by atoms with Crippen molar-refractivity contribution in [2.75, 3.05) is 0 Å². The summed E-state index contributed by atoms with van der Waals surface area (Å²) in [7, 11) is 0. The summed E-state index contributed by atoms with van der Waals surface area (Å²) in [5, 5.41) is 10.4. The average Bonchev–Trinajstić information content (AvgIpc) is 2.29. The molecule has 1 aromatic carbocycles. The van der Waals surface area contributed by atoms with E-state index in [4.69, 9.17) is 0 Å². The molecule has 0 amide bonds. The lowest BCUT2D eigenvalue weighted by atomic mass is 9.87. The van der Waals surface area contributed by atoms with E-state index in [0.29, 0.717) is 0 Å². The third-order valence-corrected chi connectivity index (χ3v) is 3.17. The first-order chi connectivity index (χ1) is 7.16. The van der Waals surface area contributed by atoms with Crippen LogP contribution < -0.4 is 0 Å². The summed E-state index contributed by atoms with van der Waals surface area (Å²) in [5.41, 5.74) is 1.76. The first-order valence-corrected chi connectivity index (χ1v) is 5.98. The van der Waals surface area contributed by atoms with E-state index in [-0.39, 0.29) is 0 Å². The van der Waals surface area contributed by atoms with Crippen LogP contribution in [-0.4, -0.2) is 5.11 Å². The molecule has 1 rings (SSSR count). The molecule has 0 bridgehead atoms. The molecule has 0 spiro atoms. The molecule has 0 saturated carbocycles. The van der Waals surface area contributed by atoms with Gasteiger partial charge in [-0.15, -0.1) is 0 Å². The Morgan fingerprint density at radius 2 is 1.80 bits per heavy atom. The summed E-state index contributed by atoms with van der Waals surface area (Å²) in [6.45, 7) is 6.25. The van der Waals surface area contributed by atoms with Crippen LogP contribution in [0.25, 0.3) is 0 Å². The van der Waals surface area contributed by atoms with Crippen LogP contribution in [0.5, 0.6) is 0 Å². The summed E-state index contributed by atoms with van der Waals surface area (Å²) >= 11 is 0. The number of rotatable bonds is 5. The molecular formula is C14H22O. The van der Waals surface area contributed by atoms with Gasteiger partial charge in [0.25, 0.3) is 0 Å². The van der Waals surface area contributed by atoms with Gasteiger partial charge < -0.3 is 5.11 Å². The molecule has 0 aliphatic heterocycles. The van der Waals surface area contributed by atoms with E-state index in [1.54, 1.807) is 0 Å². The number of benzene rings is 1. The van der Waals surface area contributed by atoms with Gasteiger partial charge in [-0.05, 0) is 30.4 Å². The van der Waals surface area contributed by atoms with Crippen molar-refractivity contribution in [1.82, 2.24) is 0 Å². The van der Waals surface area contributed by atoms with Crippen LogP contribution in [0, 0.1) is 0 Å². The Hall–Kier alpha value is -0.820. The van der Waals surface area contributed by atoms with Crippen LogP contribution in [0.15, 0.2) is 24.3 Å². The highest BCUT2D eigenvalue weighted by molar-refractivity contribution is 5.28. The average molecular weight is 206 g/mol. The molecule has 1 nitrogen and oxygen atoms in total. The minimum atomic E-state index is -0.635. The van der Waals surface area contributed by atoms with Crippen LogP contribution in [0.4, 0.5) is 0 Å². The van der Waals surface area contributed by atoms with Crippen molar-refractivity contribution in [2.24, 2.45) is 0 Å². The van der Waals surface area contributed by atoms with Crippen molar-refractivity contribution in [3.05, 3.63) is 35.4 Å². The maximum absolute atomic E-state index is 10.4. The summed E-state index contributed by atoms with van der Waals surface area (Å²) < 4.78 is 0. The maximum Gasteiger partial charge on any atom is 0.0891 e. The Morgan fingerprint density at radius 1 is 1.13 bits per heavy atom. The predicted octanol–water partition coefficient (Wildman–Crippen LogP) is 3.65. The smallest absolute Gasteiger partial charge is 0.0891 e. The standard InChI is InChI=1S/C14H22O/c1-4-8-12-9-7-10-13(11-12)14(15,5-2)6-3/h7,9-11,15H,4-6,8H2,1-3H3. The molecule has 0 saturated heterocycles. The minimum absolute atomic E-state index is 0.635. The zero-order valence-electron chi connectivity index (χ0n) is 10.1. The lowest BCUT2D eigenvalue weighted by molar-refractivity contribution is 0.0283. The van der Waals surface area contributed by atoms with Crippen molar-refractivity contribution >= 4 is 0 Å². The molecule has 1 heteroatoms. The van der Waals surface area contributed by atoms with E-state index in [1.165, 1.54) is 5.56 Å². The Balaban J connectivity index is 2.98. The number of hydrogen-bond acceptors (Lipinski definition) is 1. The predicted molar refractivity (Wildman–Crippen MR) is 64.9 cm³/mol. The fourth-order valence-electron chi connectivity index (χ4n) is 1.96. The van der Waals surface area contributed by atoms with Crippen molar-refractivity contribution in [3.63, 3.8) is 0 Å². The van der Waals surface area contributed by atoms with Gasteiger partial charge in [0, 0.05) is 0 Å². The lowest BCUT2D eigenvalue weighted by Crippen LogP contribution is -2.23. The SMILES string of the molecule is CCCc1cccc(C(O)(CC)CC)c1. The summed E-state index contributed by atoms with van der Waals surface area (Å²) in [6.07, 6.45) is 3.80. The van der Waals surface area contributed by atoms with E-state index < -0.39 is 5.60 Å². The zero-order valence-corrected chi connectivity index (χ0v) is 10.1. The molecule has 0 aliphatic rings. The molecule has 0 fully saturated rings. The monoisotopic (exact) mass is 206 g/mol. The van der Waals surface area contributed by atoms with Gasteiger partial charge in [-0.25, -0.2) is 0 Å². The van der Waals surface area contributed by atoms with Gasteiger partial charge >= 0.3 is 0 Å². The van der Waals surface area contributed by atoms with E-state index in [0.717, 1.165) is 31.2 Å². The van der Waals surface area contributed by atoms with Gasteiger partial charge in [-0.1, -0.05) is 51.5 Å². The highest BCUT2D eigenvalue weighted by Crippen LogP contribution is 2.28. The molecule has 15 heavy (non-hydrogen) atoms. The Bertz CT molecular complexity index is 300. The Labute approximate surface area is 93.1 Å². The third kappa shape index (κ3) is 2.82. The molecule has 0 radical (unpaired) electrons. The zero-order chi connectivity index (χ0) is 11.3. The molecule has 0 atom stereocenters. The number of hydrogen-bond donors (Lipinski definition) is 1. The van der Waals surface area contributed by atoms with Crippen LogP contribution in [0.3, 0.4) is 0 Å². The van der Waals surface area contributed by atoms with Crippen LogP contribution >= 0.6 is 0 Å². The second kappa shape index (κ2) is 5.32. The van der Waals surface area contributed by atoms with Crippen molar-refractivity contribution < 1.29 is 5.11 Å². The highest BCUT2D eigenvalue weighted by atomic mass is 16.3. The van der Waals surface area contributed by atoms with Gasteiger partial charge in [0.2, 0.25) is 0 Å². The van der Waals surface area contributed by atoms with Crippen LogP contribution in [-0.2, 0) is 12.0 Å². The third-order valence-electron chi connectivity index (χ3n) is 3.17. The molecule has 0 unspecified atom stereocenters. The highest BCUT2D eigenvalue weighted by Gasteiger charge is 2.24. The van der Waals surface area contributed by atoms with Crippen molar-refractivity contribution in [2.45, 2.75) is 52.1 Å². The largest absolute Gasteiger partial charge is 0.385 e. The van der Waals surface area contributed by atoms with E-state index in [9.17, 15) is 5.11 Å². The number of aliphatic hydroxyl groups is 1. The molecule has 84 valence electrons. The summed E-state index contributed by atoms with van der Waals surface area (Å²) in [4.78, 5) is 0. The second-order valence-corrected chi connectivity index (χ2v) is 4.19. The Kier molecular flexibility index (Phi) is 4.34. The van der Waals surface area contributed by atoms with Gasteiger partial charge in [0.15, 0.2) is 0 Å². The van der Waals surface area contributed by atoms with E-state index >= 15 is 0 Å². The van der Waals surface area contributed by atoms with Crippen LogP contribution in [0.1, 0.15) is 51.2 Å². The summed E-state index contributed by atoms with van der Waals surface area (Å²) in [5.74, 6) is 0. The molecule has 0 aliphatic carbocycles. The van der Waals surface area contributed by atoms with E-state index in [1.807, 2.05) is 19.9 Å². The van der Waals surface area contributed by atoms with Gasteiger partial charge in [0.1, 0.15) is 0 Å². The molecule has 0 heterocycles. The van der Waals surface area contributed by atoms with Crippen LogP contribution in [0.2, 0.25) is 0 Å². The normalized spacial score (nSPS) is 11.7. The van der Waals surface area contributed by atoms with Crippen molar-refractivity contribution in [3.8, 4) is 0 Å². The van der Waals surface area contributed by atoms with Gasteiger partial charge in [0.05, 0.1) is 5.60 Å². The van der Waals surface area contributed by atoms with E-state index in [2.05, 4.69) is 25.1 Å². The maximum atomic E-state index is 10.4. The fourth-order valence-corrected chi connectivity index (χ4v) is 1.96. The second-order valence-electron chi connectivity index (χ2n) is 4.19. The molecule has 0 aromatic heterocycles. The Morgan fingerprint density at radius 3 is 2.33 bits per heavy atom. The molecular weight excluding hydrogens is 184 g/mol. The van der Waals surface area contributed by atoms with Gasteiger partial charge in [-0.2, -0.15) is 0 Å². The minimum Gasteiger partial charge on any atom is -0.385 e. The lowest BCUT2D eigenvalue weighted by Gasteiger charge is -2.26. The number of aryl methyl sites for hydroxylation is 1. The first kappa shape index (κ1) is 12.3. The van der Waals surface area contributed by atoms with Crippen molar-refractivity contribution in [1.29, 1.82) is 0 Å². The fraction of sp³-hybridized carbons (Fsp3) is 0.571. The van der Waals surface area contributed by atoms with Gasteiger partial charge in [-0.3, -0.25) is 0 Å². The topological polar surface area (TPSA) is 20.2 Å².